The van der Waals surface area contributed by atoms with Crippen molar-refractivity contribution in [3.05, 3.63) is 60.2 Å². The molecule has 0 bridgehead atoms. The summed E-state index contributed by atoms with van der Waals surface area (Å²) in [5.41, 5.74) is 0.889. The first-order valence-corrected chi connectivity index (χ1v) is 8.51. The maximum Gasteiger partial charge on any atom is 1.00 e. The molecule has 3 rings (SSSR count). The Morgan fingerprint density at radius 2 is 1.72 bits per heavy atom. The van der Waals surface area contributed by atoms with E-state index in [-0.39, 0.29) is 53.0 Å². The standard InChI is InChI=1S/C17H14N2O4S.Na.H/c1-11-6-8-14(16(10-11)24(21,22)23)18-19-17-13-5-3-2-4-12(13)7-9-15(17)20;;/h2-10,20H,1H3,(H,21,22,23);;/q;+1;-1. The molecule has 0 saturated heterocycles. The van der Waals surface area contributed by atoms with Crippen molar-refractivity contribution < 1.29 is 49.1 Å². The minimum absolute atomic E-state index is 0. The van der Waals surface area contributed by atoms with Crippen LogP contribution in [0.5, 0.6) is 5.75 Å². The van der Waals surface area contributed by atoms with Crippen LogP contribution in [0, 0.1) is 6.92 Å². The van der Waals surface area contributed by atoms with Gasteiger partial charge >= 0.3 is 29.6 Å². The molecule has 8 heteroatoms. The van der Waals surface area contributed by atoms with Crippen LogP contribution in [0.4, 0.5) is 11.4 Å². The first-order valence-electron chi connectivity index (χ1n) is 7.07. The van der Waals surface area contributed by atoms with E-state index in [4.69, 9.17) is 0 Å². The zero-order valence-corrected chi connectivity index (χ0v) is 16.5. The fourth-order valence-corrected chi connectivity index (χ4v) is 3.07. The van der Waals surface area contributed by atoms with E-state index in [1.807, 2.05) is 12.1 Å². The Kier molecular flexibility index (Phi) is 5.97. The number of benzene rings is 3. The third kappa shape index (κ3) is 4.26. The Morgan fingerprint density at radius 1 is 1.00 bits per heavy atom. The molecular formula is C17H15N2NaO4S. The molecular weight excluding hydrogens is 351 g/mol. The second-order valence-corrected chi connectivity index (χ2v) is 6.69. The van der Waals surface area contributed by atoms with Crippen LogP contribution in [0.25, 0.3) is 10.8 Å². The molecule has 2 N–H and O–H groups in total. The summed E-state index contributed by atoms with van der Waals surface area (Å²) in [6.45, 7) is 1.70. The van der Waals surface area contributed by atoms with Gasteiger partial charge in [-0.25, -0.2) is 0 Å². The summed E-state index contributed by atoms with van der Waals surface area (Å²) in [6.07, 6.45) is 0. The number of aryl methyl sites for hydroxylation is 1. The Bertz CT molecular complexity index is 1070. The van der Waals surface area contributed by atoms with Crippen molar-refractivity contribution in [3.8, 4) is 5.75 Å². The van der Waals surface area contributed by atoms with Crippen molar-refractivity contribution in [1.82, 2.24) is 0 Å². The first kappa shape index (κ1) is 19.6. The number of hydrogen-bond acceptors (Lipinski definition) is 5. The zero-order valence-electron chi connectivity index (χ0n) is 14.7. The van der Waals surface area contributed by atoms with Crippen LogP contribution in [0.2, 0.25) is 0 Å². The quantitative estimate of drug-likeness (QED) is 0.418. The van der Waals surface area contributed by atoms with Crippen molar-refractivity contribution in [2.75, 3.05) is 0 Å². The number of hydrogen-bond donors (Lipinski definition) is 2. The number of phenols is 1. The van der Waals surface area contributed by atoms with Gasteiger partial charge in [-0.1, -0.05) is 36.4 Å². The van der Waals surface area contributed by atoms with E-state index in [2.05, 4.69) is 10.2 Å². The molecule has 0 saturated carbocycles. The van der Waals surface area contributed by atoms with Crippen LogP contribution in [-0.4, -0.2) is 18.1 Å². The van der Waals surface area contributed by atoms with Crippen molar-refractivity contribution >= 4 is 32.3 Å². The predicted octanol–water partition coefficient (Wildman–Crippen LogP) is 1.63. The minimum atomic E-state index is -4.43. The molecule has 6 nitrogen and oxygen atoms in total. The van der Waals surface area contributed by atoms with Crippen LogP contribution in [-0.2, 0) is 10.1 Å². The predicted molar refractivity (Wildman–Crippen MR) is 91.9 cm³/mol. The van der Waals surface area contributed by atoms with Gasteiger partial charge in [0.15, 0.2) is 0 Å². The Balaban J connectivity index is 0.00000169. The fourth-order valence-electron chi connectivity index (χ4n) is 2.36. The number of fused-ring (bicyclic) bond motifs is 1. The van der Waals surface area contributed by atoms with Gasteiger partial charge in [0, 0.05) is 5.39 Å². The van der Waals surface area contributed by atoms with E-state index >= 15 is 0 Å². The van der Waals surface area contributed by atoms with Crippen LogP contribution < -0.4 is 29.6 Å². The number of aromatic hydroxyl groups is 1. The molecule has 0 spiro atoms. The molecule has 3 aromatic rings. The van der Waals surface area contributed by atoms with E-state index in [0.29, 0.717) is 10.9 Å². The molecule has 0 aliphatic carbocycles. The van der Waals surface area contributed by atoms with Crippen molar-refractivity contribution in [1.29, 1.82) is 0 Å². The Hall–Kier alpha value is -1.77. The molecule has 0 atom stereocenters. The van der Waals surface area contributed by atoms with Gasteiger partial charge in [0.1, 0.15) is 22.0 Å². The van der Waals surface area contributed by atoms with Crippen molar-refractivity contribution in [2.45, 2.75) is 11.8 Å². The normalized spacial score (nSPS) is 11.6. The number of azo groups is 1. The monoisotopic (exact) mass is 366 g/mol. The van der Waals surface area contributed by atoms with E-state index in [0.717, 1.165) is 5.39 Å². The summed E-state index contributed by atoms with van der Waals surface area (Å²) in [4.78, 5) is -0.328. The second kappa shape index (κ2) is 7.63. The van der Waals surface area contributed by atoms with E-state index < -0.39 is 10.1 Å². The average molecular weight is 366 g/mol. The summed E-state index contributed by atoms with van der Waals surface area (Å²) in [5.74, 6) is -0.0713. The van der Waals surface area contributed by atoms with Gasteiger partial charge in [-0.05, 0) is 36.1 Å². The third-order valence-electron chi connectivity index (χ3n) is 3.53. The largest absolute Gasteiger partial charge is 1.00 e. The van der Waals surface area contributed by atoms with E-state index in [9.17, 15) is 18.1 Å². The SMILES string of the molecule is Cc1ccc(N=Nc2c(O)ccc3ccccc23)c(S(=O)(=O)O)c1.[H-].[Na+]. The van der Waals surface area contributed by atoms with Crippen molar-refractivity contribution in [2.24, 2.45) is 10.2 Å². The molecule has 124 valence electrons. The smallest absolute Gasteiger partial charge is 1.00 e. The maximum absolute atomic E-state index is 11.5. The number of nitrogens with zero attached hydrogens (tertiary/aromatic N) is 2. The van der Waals surface area contributed by atoms with Gasteiger partial charge in [0.05, 0.1) is 0 Å². The van der Waals surface area contributed by atoms with Gasteiger partial charge < -0.3 is 6.53 Å². The second-order valence-electron chi connectivity index (χ2n) is 5.30. The van der Waals surface area contributed by atoms with Crippen molar-refractivity contribution in [3.63, 3.8) is 0 Å². The van der Waals surface area contributed by atoms with Crippen LogP contribution >= 0.6 is 0 Å². The molecule has 0 heterocycles. The van der Waals surface area contributed by atoms with Gasteiger partial charge in [-0.15, -0.1) is 10.2 Å². The van der Waals surface area contributed by atoms with E-state index in [1.165, 1.54) is 18.2 Å². The van der Waals surface area contributed by atoms with Crippen LogP contribution in [0.3, 0.4) is 0 Å². The van der Waals surface area contributed by atoms with Crippen LogP contribution in [0.15, 0.2) is 69.7 Å². The first-order chi connectivity index (χ1) is 11.4. The molecule has 25 heavy (non-hydrogen) atoms. The van der Waals surface area contributed by atoms with Gasteiger partial charge in [-0.3, -0.25) is 4.55 Å². The summed E-state index contributed by atoms with van der Waals surface area (Å²) in [5, 5.41) is 19.5. The number of rotatable bonds is 3. The zero-order chi connectivity index (χ0) is 17.3. The van der Waals surface area contributed by atoms with Gasteiger partial charge in [0.25, 0.3) is 10.1 Å². The van der Waals surface area contributed by atoms with Gasteiger partial charge in [-0.2, -0.15) is 8.42 Å². The third-order valence-corrected chi connectivity index (χ3v) is 4.41. The average Bonchev–Trinajstić information content (AvgIpc) is 2.54. The summed E-state index contributed by atoms with van der Waals surface area (Å²) < 4.78 is 32.3. The van der Waals surface area contributed by atoms with Gasteiger partial charge in [0.2, 0.25) is 0 Å². The molecule has 0 aliphatic heterocycles. The van der Waals surface area contributed by atoms with Crippen LogP contribution in [0.1, 0.15) is 6.99 Å². The molecule has 0 radical (unpaired) electrons. The molecule has 3 aromatic carbocycles. The maximum atomic E-state index is 11.5. The molecule has 0 aromatic heterocycles. The number of phenolic OH excluding ortho intramolecular Hbond substituents is 1. The molecule has 0 fully saturated rings. The minimum Gasteiger partial charge on any atom is -1.00 e. The topological polar surface area (TPSA) is 99.3 Å². The summed E-state index contributed by atoms with van der Waals surface area (Å²) in [7, 11) is -4.43. The molecule has 0 unspecified atom stereocenters. The molecule has 0 amide bonds. The summed E-state index contributed by atoms with van der Waals surface area (Å²) in [6, 6.07) is 15.0. The Morgan fingerprint density at radius 3 is 2.44 bits per heavy atom. The fraction of sp³-hybridized carbons (Fsp3) is 0.0588. The molecule has 0 aliphatic rings. The van der Waals surface area contributed by atoms with E-state index in [1.54, 1.807) is 31.2 Å². The Labute approximate surface area is 168 Å². The summed E-state index contributed by atoms with van der Waals surface area (Å²) >= 11 is 0.